The van der Waals surface area contributed by atoms with Gasteiger partial charge in [0.15, 0.2) is 0 Å². The first-order chi connectivity index (χ1) is 14.4. The molecule has 1 saturated carbocycles. The molecule has 0 radical (unpaired) electrons. The molecule has 1 fully saturated rings. The van der Waals surface area contributed by atoms with Crippen LogP contribution in [0.5, 0.6) is 0 Å². The second-order valence-corrected chi connectivity index (χ2v) is 9.94. The molecule has 8 heteroatoms. The van der Waals surface area contributed by atoms with Crippen LogP contribution in [-0.4, -0.2) is 23.6 Å². The Bertz CT molecular complexity index is 1160. The zero-order valence-corrected chi connectivity index (χ0v) is 18.0. The zero-order chi connectivity index (χ0) is 21.2. The summed E-state index contributed by atoms with van der Waals surface area (Å²) in [5, 5.41) is 0. The number of hydrogen-bond acceptors (Lipinski definition) is 5. The molecule has 2 aromatic heterocycles. The number of rotatable bonds is 4. The largest absolute Gasteiger partial charge is 0.374 e. The Balaban J connectivity index is 1.76. The number of methoxy groups -OCH3 is 1. The Morgan fingerprint density at radius 2 is 2.07 bits per heavy atom. The molecule has 160 valence electrons. The zero-order valence-electron chi connectivity index (χ0n) is 17.1. The molecule has 3 unspecified atom stereocenters. The van der Waals surface area contributed by atoms with E-state index in [1.54, 1.807) is 18.3 Å². The van der Waals surface area contributed by atoms with Gasteiger partial charge in [0.2, 0.25) is 0 Å². The molecule has 3 aliphatic carbocycles. The number of aryl methyl sites for hydroxylation is 1. The summed E-state index contributed by atoms with van der Waals surface area (Å²) in [5.41, 5.74) is 5.81. The predicted molar refractivity (Wildman–Crippen MR) is 114 cm³/mol. The van der Waals surface area contributed by atoms with Gasteiger partial charge in [0.25, 0.3) is 5.56 Å². The molecular formula is C22H26FN3O3S. The molecule has 0 bridgehead atoms. The van der Waals surface area contributed by atoms with Crippen LogP contribution in [0, 0.1) is 11.8 Å². The number of halogens is 1. The first kappa shape index (κ1) is 19.9. The summed E-state index contributed by atoms with van der Waals surface area (Å²) in [6.45, 7) is 2.28. The van der Waals surface area contributed by atoms with Crippen molar-refractivity contribution in [3.05, 3.63) is 59.3 Å². The van der Waals surface area contributed by atoms with Crippen molar-refractivity contribution < 1.29 is 9.13 Å². The molecule has 0 amide bonds. The van der Waals surface area contributed by atoms with E-state index in [2.05, 4.69) is 16.0 Å². The topological polar surface area (TPSA) is 101 Å². The number of nitrogens with two attached hydrogens (primary N) is 1. The molecule has 3 aliphatic rings. The summed E-state index contributed by atoms with van der Waals surface area (Å²) in [7, 11) is 1.52. The molecule has 6 nitrogen and oxygen atoms in total. The third kappa shape index (κ3) is 2.66. The molecule has 0 aromatic carbocycles. The quantitative estimate of drug-likeness (QED) is 0.693. The Hall–Kier alpha value is -2.03. The number of H-pyrrole nitrogens is 2. The van der Waals surface area contributed by atoms with Gasteiger partial charge >= 0.3 is 5.69 Å². The lowest BCUT2D eigenvalue weighted by Crippen LogP contribution is -2.44. The first-order valence-electron chi connectivity index (χ1n) is 10.5. The molecule has 5 rings (SSSR count). The van der Waals surface area contributed by atoms with Crippen LogP contribution < -0.4 is 17.0 Å². The highest BCUT2D eigenvalue weighted by atomic mass is 32.1. The summed E-state index contributed by atoms with van der Waals surface area (Å²) in [6.07, 6.45) is 3.94. The number of ether oxygens (including phenoxy) is 1. The van der Waals surface area contributed by atoms with E-state index in [-0.39, 0.29) is 22.9 Å². The van der Waals surface area contributed by atoms with Gasteiger partial charge in [-0.25, -0.2) is 9.18 Å². The Morgan fingerprint density at radius 1 is 1.30 bits per heavy atom. The molecule has 0 saturated heterocycles. The standard InChI is InChI=1S/C22H26FN3O3S/c1-10-16-17(25-21(28)26-20(16)27)19(29-2)22(18(10)23,13-4-5-13)15-8-12-7-11(9-24)3-6-14(12)30-15/h8,11,13,19H,3-7,9,24H2,1-2H3,(H2,25,26,27,28). The van der Waals surface area contributed by atoms with Gasteiger partial charge in [-0.2, -0.15) is 0 Å². The van der Waals surface area contributed by atoms with Gasteiger partial charge in [-0.15, -0.1) is 11.3 Å². The maximum atomic E-state index is 16.3. The number of allylic oxidation sites excluding steroid dienone is 1. The fourth-order valence-electron chi connectivity index (χ4n) is 5.51. The van der Waals surface area contributed by atoms with Gasteiger partial charge in [-0.3, -0.25) is 9.78 Å². The number of fused-ring (bicyclic) bond motifs is 2. The number of nitrogens with one attached hydrogen (secondary N) is 2. The van der Waals surface area contributed by atoms with Gasteiger partial charge in [0.05, 0.1) is 16.7 Å². The average molecular weight is 432 g/mol. The average Bonchev–Trinajstić information content (AvgIpc) is 3.48. The number of aromatic amines is 2. The van der Waals surface area contributed by atoms with Crippen LogP contribution in [-0.2, 0) is 23.0 Å². The van der Waals surface area contributed by atoms with Gasteiger partial charge in [-0.1, -0.05) is 0 Å². The monoisotopic (exact) mass is 431 g/mol. The molecule has 0 aliphatic heterocycles. The van der Waals surface area contributed by atoms with Crippen molar-refractivity contribution in [3.8, 4) is 0 Å². The SMILES string of the molecule is COC1c2[nH]c(=O)[nH]c(=O)c2C(C)=C(F)C1(c1cc2c(s1)CCC(CN)C2)C1CC1. The van der Waals surface area contributed by atoms with E-state index in [4.69, 9.17) is 10.5 Å². The van der Waals surface area contributed by atoms with E-state index in [1.165, 1.54) is 17.6 Å². The number of thiophene rings is 1. The lowest BCUT2D eigenvalue weighted by molar-refractivity contribution is 0.0209. The maximum absolute atomic E-state index is 16.3. The second-order valence-electron chi connectivity index (χ2n) is 8.80. The summed E-state index contributed by atoms with van der Waals surface area (Å²) >= 11 is 1.66. The van der Waals surface area contributed by atoms with Crippen molar-refractivity contribution in [1.29, 1.82) is 0 Å². The second kappa shape index (κ2) is 7.00. The minimum absolute atomic E-state index is 0.0683. The highest BCUT2D eigenvalue weighted by Crippen LogP contribution is 2.63. The highest BCUT2D eigenvalue weighted by Gasteiger charge is 2.60. The van der Waals surface area contributed by atoms with Crippen molar-refractivity contribution in [3.63, 3.8) is 0 Å². The number of hydrogen-bond donors (Lipinski definition) is 3. The normalized spacial score (nSPS) is 28.4. The summed E-state index contributed by atoms with van der Waals surface area (Å²) in [5.74, 6) is 0.216. The van der Waals surface area contributed by atoms with Gasteiger partial charge in [-0.05, 0) is 74.6 Å². The van der Waals surface area contributed by atoms with Crippen LogP contribution in [0.3, 0.4) is 0 Å². The molecule has 30 heavy (non-hydrogen) atoms. The van der Waals surface area contributed by atoms with Gasteiger partial charge in [0, 0.05) is 16.9 Å². The third-order valence-corrected chi connectivity index (χ3v) is 8.49. The fraction of sp³-hybridized carbons (Fsp3) is 0.545. The minimum atomic E-state index is -1.01. The number of aromatic nitrogens is 2. The van der Waals surface area contributed by atoms with Crippen molar-refractivity contribution in [2.45, 2.75) is 50.5 Å². The van der Waals surface area contributed by atoms with E-state index in [1.807, 2.05) is 0 Å². The van der Waals surface area contributed by atoms with Crippen LogP contribution in [0.4, 0.5) is 4.39 Å². The van der Waals surface area contributed by atoms with Crippen molar-refractivity contribution >= 4 is 16.9 Å². The van der Waals surface area contributed by atoms with E-state index < -0.39 is 22.8 Å². The molecule has 3 atom stereocenters. The lowest BCUT2D eigenvalue weighted by Gasteiger charge is -2.42. The molecule has 2 aromatic rings. The summed E-state index contributed by atoms with van der Waals surface area (Å²) in [4.78, 5) is 31.8. The van der Waals surface area contributed by atoms with Crippen LogP contribution in [0.25, 0.3) is 5.57 Å². The lowest BCUT2D eigenvalue weighted by atomic mass is 9.67. The van der Waals surface area contributed by atoms with Gasteiger partial charge < -0.3 is 15.5 Å². The molecule has 4 N–H and O–H groups in total. The molecule has 0 spiro atoms. The predicted octanol–water partition coefficient (Wildman–Crippen LogP) is 2.94. The van der Waals surface area contributed by atoms with Crippen LogP contribution in [0.15, 0.2) is 21.5 Å². The Morgan fingerprint density at radius 3 is 2.73 bits per heavy atom. The summed E-state index contributed by atoms with van der Waals surface area (Å²) < 4.78 is 22.2. The maximum Gasteiger partial charge on any atom is 0.326 e. The highest BCUT2D eigenvalue weighted by molar-refractivity contribution is 7.12. The van der Waals surface area contributed by atoms with E-state index >= 15 is 4.39 Å². The fourth-order valence-corrected chi connectivity index (χ4v) is 7.01. The van der Waals surface area contributed by atoms with Crippen LogP contribution >= 0.6 is 11.3 Å². The van der Waals surface area contributed by atoms with Crippen molar-refractivity contribution in [2.24, 2.45) is 17.6 Å². The molecular weight excluding hydrogens is 405 g/mol. The van der Waals surface area contributed by atoms with Crippen molar-refractivity contribution in [1.82, 2.24) is 9.97 Å². The van der Waals surface area contributed by atoms with Crippen molar-refractivity contribution in [2.75, 3.05) is 13.7 Å². The first-order valence-corrected chi connectivity index (χ1v) is 11.3. The third-order valence-electron chi connectivity index (χ3n) is 7.10. The Labute approximate surface area is 177 Å². The van der Waals surface area contributed by atoms with E-state index in [9.17, 15) is 9.59 Å². The van der Waals surface area contributed by atoms with E-state index in [0.717, 1.165) is 37.0 Å². The van der Waals surface area contributed by atoms with E-state index in [0.29, 0.717) is 18.2 Å². The van der Waals surface area contributed by atoms with Crippen LogP contribution in [0.2, 0.25) is 0 Å². The van der Waals surface area contributed by atoms with Crippen LogP contribution in [0.1, 0.15) is 58.9 Å². The smallest absolute Gasteiger partial charge is 0.326 e. The Kier molecular flexibility index (Phi) is 4.65. The molecule has 2 heterocycles. The van der Waals surface area contributed by atoms with Gasteiger partial charge in [0.1, 0.15) is 11.9 Å². The minimum Gasteiger partial charge on any atom is -0.374 e. The summed E-state index contributed by atoms with van der Waals surface area (Å²) in [6, 6.07) is 2.13.